The molecule has 1 aliphatic heterocycles. The first kappa shape index (κ1) is 12.9. The SMILES string of the molecule is NC(=O)C(c1ccc(O)cc1)N1CCCNCC1. The number of amides is 1. The molecule has 0 spiro atoms. The number of hydrogen-bond acceptors (Lipinski definition) is 4. The number of primary amides is 1. The molecule has 0 aromatic heterocycles. The standard InChI is InChI=1S/C13H19N3O2/c14-13(18)12(10-2-4-11(17)5-3-10)16-8-1-6-15-7-9-16/h2-5,12,15,17H,1,6-9H2,(H2,14,18). The van der Waals surface area contributed by atoms with Gasteiger partial charge in [-0.05, 0) is 30.7 Å². The molecule has 0 saturated carbocycles. The second kappa shape index (κ2) is 5.84. The number of carbonyl (C=O) groups is 1. The zero-order valence-corrected chi connectivity index (χ0v) is 10.3. The molecule has 1 aromatic carbocycles. The van der Waals surface area contributed by atoms with E-state index in [1.54, 1.807) is 24.3 Å². The van der Waals surface area contributed by atoms with Crippen molar-refractivity contribution in [3.8, 4) is 5.75 Å². The van der Waals surface area contributed by atoms with E-state index in [-0.39, 0.29) is 11.7 Å². The summed E-state index contributed by atoms with van der Waals surface area (Å²) in [4.78, 5) is 13.8. The first-order chi connectivity index (χ1) is 8.68. The van der Waals surface area contributed by atoms with Crippen LogP contribution in [0.3, 0.4) is 0 Å². The van der Waals surface area contributed by atoms with E-state index in [1.165, 1.54) is 0 Å². The molecule has 18 heavy (non-hydrogen) atoms. The maximum atomic E-state index is 11.7. The summed E-state index contributed by atoms with van der Waals surface area (Å²) in [5.41, 5.74) is 6.36. The number of rotatable bonds is 3. The predicted molar refractivity (Wildman–Crippen MR) is 69.1 cm³/mol. The molecule has 5 heteroatoms. The van der Waals surface area contributed by atoms with Gasteiger partial charge >= 0.3 is 0 Å². The van der Waals surface area contributed by atoms with Crippen LogP contribution in [-0.4, -0.2) is 42.1 Å². The van der Waals surface area contributed by atoms with Crippen molar-refractivity contribution in [2.45, 2.75) is 12.5 Å². The molecule has 98 valence electrons. The molecule has 1 amide bonds. The van der Waals surface area contributed by atoms with Crippen molar-refractivity contribution >= 4 is 5.91 Å². The number of nitrogens with two attached hydrogens (primary N) is 1. The molecule has 1 aromatic rings. The summed E-state index contributed by atoms with van der Waals surface area (Å²) >= 11 is 0. The van der Waals surface area contributed by atoms with Crippen molar-refractivity contribution in [2.24, 2.45) is 5.73 Å². The largest absolute Gasteiger partial charge is 0.508 e. The highest BCUT2D eigenvalue weighted by atomic mass is 16.3. The summed E-state index contributed by atoms with van der Waals surface area (Å²) in [5.74, 6) is -0.151. The van der Waals surface area contributed by atoms with E-state index in [0.717, 1.165) is 38.2 Å². The quantitative estimate of drug-likeness (QED) is 0.716. The van der Waals surface area contributed by atoms with E-state index in [9.17, 15) is 9.90 Å². The summed E-state index contributed by atoms with van der Waals surface area (Å²) in [7, 11) is 0. The summed E-state index contributed by atoms with van der Waals surface area (Å²) < 4.78 is 0. The Morgan fingerprint density at radius 2 is 2.00 bits per heavy atom. The van der Waals surface area contributed by atoms with Gasteiger partial charge in [-0.2, -0.15) is 0 Å². The Balaban J connectivity index is 2.21. The van der Waals surface area contributed by atoms with Crippen molar-refractivity contribution in [1.29, 1.82) is 0 Å². The lowest BCUT2D eigenvalue weighted by molar-refractivity contribution is -0.123. The fourth-order valence-electron chi connectivity index (χ4n) is 2.34. The van der Waals surface area contributed by atoms with Gasteiger partial charge in [-0.25, -0.2) is 0 Å². The average Bonchev–Trinajstić information content (AvgIpc) is 2.60. The molecular weight excluding hydrogens is 230 g/mol. The number of aromatic hydroxyl groups is 1. The van der Waals surface area contributed by atoms with E-state index < -0.39 is 6.04 Å². The normalized spacial score (nSPS) is 19.1. The van der Waals surface area contributed by atoms with Gasteiger partial charge < -0.3 is 16.2 Å². The fourth-order valence-corrected chi connectivity index (χ4v) is 2.34. The van der Waals surface area contributed by atoms with Gasteiger partial charge in [0.25, 0.3) is 0 Å². The number of phenols is 1. The Kier molecular flexibility index (Phi) is 4.17. The Morgan fingerprint density at radius 3 is 2.67 bits per heavy atom. The van der Waals surface area contributed by atoms with Crippen LogP contribution in [0, 0.1) is 0 Å². The van der Waals surface area contributed by atoms with Gasteiger partial charge in [-0.1, -0.05) is 12.1 Å². The average molecular weight is 249 g/mol. The predicted octanol–water partition coefficient (Wildman–Crippen LogP) is 0.214. The number of hydrogen-bond donors (Lipinski definition) is 3. The van der Waals surface area contributed by atoms with Gasteiger partial charge in [-0.15, -0.1) is 0 Å². The van der Waals surface area contributed by atoms with Crippen LogP contribution in [0.25, 0.3) is 0 Å². The molecular formula is C13H19N3O2. The van der Waals surface area contributed by atoms with Crippen molar-refractivity contribution < 1.29 is 9.90 Å². The summed E-state index contributed by atoms with van der Waals surface area (Å²) in [6.45, 7) is 3.48. The minimum Gasteiger partial charge on any atom is -0.508 e. The molecule has 4 N–H and O–H groups in total. The molecule has 1 saturated heterocycles. The lowest BCUT2D eigenvalue weighted by atomic mass is 10.0. The first-order valence-electron chi connectivity index (χ1n) is 6.21. The fraction of sp³-hybridized carbons (Fsp3) is 0.462. The minimum absolute atomic E-state index is 0.194. The summed E-state index contributed by atoms with van der Waals surface area (Å²) in [6, 6.07) is 6.26. The first-order valence-corrected chi connectivity index (χ1v) is 6.21. The van der Waals surface area contributed by atoms with Crippen LogP contribution in [0.2, 0.25) is 0 Å². The van der Waals surface area contributed by atoms with Gasteiger partial charge in [0, 0.05) is 19.6 Å². The zero-order valence-electron chi connectivity index (χ0n) is 10.3. The van der Waals surface area contributed by atoms with Gasteiger partial charge in [0.15, 0.2) is 0 Å². The van der Waals surface area contributed by atoms with Crippen molar-refractivity contribution in [3.63, 3.8) is 0 Å². The highest BCUT2D eigenvalue weighted by molar-refractivity contribution is 5.81. The van der Waals surface area contributed by atoms with Crippen LogP contribution < -0.4 is 11.1 Å². The Bertz CT molecular complexity index is 397. The van der Waals surface area contributed by atoms with E-state index in [2.05, 4.69) is 10.2 Å². The summed E-state index contributed by atoms with van der Waals surface area (Å²) in [6.07, 6.45) is 1.00. The topological polar surface area (TPSA) is 78.6 Å². The smallest absolute Gasteiger partial charge is 0.239 e. The van der Waals surface area contributed by atoms with Crippen LogP contribution in [0.5, 0.6) is 5.75 Å². The monoisotopic (exact) mass is 249 g/mol. The van der Waals surface area contributed by atoms with Gasteiger partial charge in [0.2, 0.25) is 5.91 Å². The number of nitrogens with one attached hydrogen (secondary N) is 1. The molecule has 1 unspecified atom stereocenters. The van der Waals surface area contributed by atoms with Gasteiger partial charge in [0.1, 0.15) is 11.8 Å². The van der Waals surface area contributed by atoms with Crippen LogP contribution in [0.15, 0.2) is 24.3 Å². The number of nitrogens with zero attached hydrogens (tertiary/aromatic N) is 1. The molecule has 5 nitrogen and oxygen atoms in total. The molecule has 1 heterocycles. The van der Waals surface area contributed by atoms with Crippen LogP contribution in [0.1, 0.15) is 18.0 Å². The van der Waals surface area contributed by atoms with E-state index in [4.69, 9.17) is 5.73 Å². The molecule has 0 bridgehead atoms. The molecule has 0 aliphatic carbocycles. The van der Waals surface area contributed by atoms with Crippen molar-refractivity contribution in [1.82, 2.24) is 10.2 Å². The highest BCUT2D eigenvalue weighted by Gasteiger charge is 2.25. The lowest BCUT2D eigenvalue weighted by Crippen LogP contribution is -2.39. The molecule has 2 rings (SSSR count). The lowest BCUT2D eigenvalue weighted by Gasteiger charge is -2.28. The van der Waals surface area contributed by atoms with E-state index in [0.29, 0.717) is 0 Å². The maximum Gasteiger partial charge on any atom is 0.239 e. The maximum absolute atomic E-state index is 11.7. The van der Waals surface area contributed by atoms with Crippen LogP contribution in [0.4, 0.5) is 0 Å². The Morgan fingerprint density at radius 1 is 1.28 bits per heavy atom. The van der Waals surface area contributed by atoms with Gasteiger partial charge in [-0.3, -0.25) is 9.69 Å². The summed E-state index contributed by atoms with van der Waals surface area (Å²) in [5, 5.41) is 12.6. The van der Waals surface area contributed by atoms with Crippen LogP contribution in [-0.2, 0) is 4.79 Å². The zero-order chi connectivity index (χ0) is 13.0. The third-order valence-corrected chi connectivity index (χ3v) is 3.22. The third kappa shape index (κ3) is 3.00. The van der Waals surface area contributed by atoms with Crippen molar-refractivity contribution in [3.05, 3.63) is 29.8 Å². The molecule has 1 atom stereocenters. The van der Waals surface area contributed by atoms with E-state index >= 15 is 0 Å². The highest BCUT2D eigenvalue weighted by Crippen LogP contribution is 2.23. The number of benzene rings is 1. The third-order valence-electron chi connectivity index (χ3n) is 3.22. The number of phenolic OH excluding ortho intramolecular Hbond substituents is 1. The van der Waals surface area contributed by atoms with Gasteiger partial charge in [0.05, 0.1) is 0 Å². The van der Waals surface area contributed by atoms with Crippen molar-refractivity contribution in [2.75, 3.05) is 26.2 Å². The second-order valence-corrected chi connectivity index (χ2v) is 4.54. The number of carbonyl (C=O) groups excluding carboxylic acids is 1. The minimum atomic E-state index is -0.412. The second-order valence-electron chi connectivity index (χ2n) is 4.54. The molecule has 1 fully saturated rings. The molecule has 1 aliphatic rings. The van der Waals surface area contributed by atoms with E-state index in [1.807, 2.05) is 0 Å². The molecule has 0 radical (unpaired) electrons. The van der Waals surface area contributed by atoms with Crippen LogP contribution >= 0.6 is 0 Å². The Labute approximate surface area is 107 Å². The Hall–Kier alpha value is -1.59.